The molecule has 5 heteroatoms. The Labute approximate surface area is 275 Å². The Kier molecular flexibility index (Phi) is 6.61. The third-order valence-electron chi connectivity index (χ3n) is 8.54. The molecule has 0 fully saturated rings. The molecule has 0 radical (unpaired) electrons. The van der Waals surface area contributed by atoms with E-state index in [1.807, 2.05) is 36.4 Å². The fraction of sp³-hybridized carbons (Fsp3) is 0. The Morgan fingerprint density at radius 3 is 1.62 bits per heavy atom. The Morgan fingerprint density at radius 1 is 0.340 bits per heavy atom. The standard InChI is InChI=1S/C42H26N4S/c1-3-10-30(11-4-1)39-44-40(31-19-15-28(16-20-31)34-21-17-27-9-7-8-14-33(27)25-34)46-41(45-39)35-22-18-29-23-24-37-38(36(29)26-35)47-42(43-37)32-12-5-2-6-13-32/h1-26H. The topological polar surface area (TPSA) is 51.6 Å². The molecule has 0 aliphatic rings. The number of thiazole rings is 1. The number of nitrogens with zero attached hydrogens (tertiary/aromatic N) is 4. The van der Waals surface area contributed by atoms with Gasteiger partial charge in [-0.15, -0.1) is 11.3 Å². The first-order valence-corrected chi connectivity index (χ1v) is 16.4. The summed E-state index contributed by atoms with van der Waals surface area (Å²) in [6, 6.07) is 54.7. The smallest absolute Gasteiger partial charge is 0.164 e. The summed E-state index contributed by atoms with van der Waals surface area (Å²) in [5.74, 6) is 1.92. The molecule has 0 saturated carbocycles. The van der Waals surface area contributed by atoms with Crippen molar-refractivity contribution in [3.05, 3.63) is 158 Å². The van der Waals surface area contributed by atoms with Crippen molar-refractivity contribution < 1.29 is 0 Å². The van der Waals surface area contributed by atoms with E-state index in [1.54, 1.807) is 11.3 Å². The Morgan fingerprint density at radius 2 is 0.872 bits per heavy atom. The second-order valence-corrected chi connectivity index (χ2v) is 12.5. The van der Waals surface area contributed by atoms with Crippen LogP contribution in [0.25, 0.3) is 87.6 Å². The van der Waals surface area contributed by atoms with Crippen molar-refractivity contribution in [3.63, 3.8) is 0 Å². The molecule has 2 heterocycles. The second kappa shape index (κ2) is 11.4. The van der Waals surface area contributed by atoms with Gasteiger partial charge < -0.3 is 0 Å². The number of fused-ring (bicyclic) bond motifs is 4. The monoisotopic (exact) mass is 618 g/mol. The zero-order valence-corrected chi connectivity index (χ0v) is 26.0. The van der Waals surface area contributed by atoms with Crippen molar-refractivity contribution >= 4 is 43.1 Å². The van der Waals surface area contributed by atoms with E-state index in [4.69, 9.17) is 19.9 Å². The summed E-state index contributed by atoms with van der Waals surface area (Å²) in [7, 11) is 0. The quantitative estimate of drug-likeness (QED) is 0.193. The van der Waals surface area contributed by atoms with Crippen molar-refractivity contribution in [2.45, 2.75) is 0 Å². The molecule has 9 aromatic rings. The Balaban J connectivity index is 1.15. The van der Waals surface area contributed by atoms with Crippen LogP contribution in [0.3, 0.4) is 0 Å². The first-order valence-electron chi connectivity index (χ1n) is 15.6. The van der Waals surface area contributed by atoms with Crippen LogP contribution >= 0.6 is 11.3 Å². The molecule has 0 amide bonds. The van der Waals surface area contributed by atoms with Crippen LogP contribution in [-0.4, -0.2) is 19.9 Å². The molecule has 47 heavy (non-hydrogen) atoms. The zero-order valence-electron chi connectivity index (χ0n) is 25.2. The van der Waals surface area contributed by atoms with Gasteiger partial charge in [-0.1, -0.05) is 140 Å². The lowest BCUT2D eigenvalue weighted by atomic mass is 10.00. The molecule has 0 bridgehead atoms. The van der Waals surface area contributed by atoms with E-state index in [2.05, 4.69) is 121 Å². The molecule has 0 atom stereocenters. The van der Waals surface area contributed by atoms with Gasteiger partial charge in [0.1, 0.15) is 5.01 Å². The third kappa shape index (κ3) is 5.13. The van der Waals surface area contributed by atoms with Crippen molar-refractivity contribution in [1.29, 1.82) is 0 Å². The number of hydrogen-bond acceptors (Lipinski definition) is 5. The van der Waals surface area contributed by atoms with Gasteiger partial charge in [-0.25, -0.2) is 19.9 Å². The van der Waals surface area contributed by atoms with Crippen LogP contribution < -0.4 is 0 Å². The fourth-order valence-corrected chi connectivity index (χ4v) is 7.18. The maximum atomic E-state index is 5.05. The maximum Gasteiger partial charge on any atom is 0.164 e. The molecule has 0 unspecified atom stereocenters. The highest BCUT2D eigenvalue weighted by Crippen LogP contribution is 2.37. The molecule has 0 saturated heterocycles. The first-order chi connectivity index (χ1) is 23.2. The van der Waals surface area contributed by atoms with E-state index < -0.39 is 0 Å². The molecule has 0 aliphatic heterocycles. The molecule has 4 nitrogen and oxygen atoms in total. The van der Waals surface area contributed by atoms with Gasteiger partial charge in [-0.2, -0.15) is 0 Å². The summed E-state index contributed by atoms with van der Waals surface area (Å²) >= 11 is 1.72. The van der Waals surface area contributed by atoms with Gasteiger partial charge in [0.2, 0.25) is 0 Å². The molecule has 9 rings (SSSR count). The van der Waals surface area contributed by atoms with Crippen LogP contribution in [0.1, 0.15) is 0 Å². The molecule has 220 valence electrons. The summed E-state index contributed by atoms with van der Waals surface area (Å²) in [5.41, 5.74) is 7.27. The van der Waals surface area contributed by atoms with Gasteiger partial charge in [-0.05, 0) is 45.5 Å². The lowest BCUT2D eigenvalue weighted by Crippen LogP contribution is -2.00. The van der Waals surface area contributed by atoms with Crippen molar-refractivity contribution in [3.8, 4) is 55.9 Å². The number of benzene rings is 7. The highest BCUT2D eigenvalue weighted by atomic mass is 32.1. The molecule has 2 aromatic heterocycles. The van der Waals surface area contributed by atoms with Crippen molar-refractivity contribution in [1.82, 2.24) is 19.9 Å². The fourth-order valence-electron chi connectivity index (χ4n) is 6.08. The summed E-state index contributed by atoms with van der Waals surface area (Å²) in [6.45, 7) is 0. The summed E-state index contributed by atoms with van der Waals surface area (Å²) in [5, 5.41) is 5.78. The molecular formula is C42H26N4S. The van der Waals surface area contributed by atoms with Gasteiger partial charge in [-0.3, -0.25) is 0 Å². The van der Waals surface area contributed by atoms with E-state index in [0.717, 1.165) is 53.8 Å². The second-order valence-electron chi connectivity index (χ2n) is 11.5. The van der Waals surface area contributed by atoms with E-state index in [0.29, 0.717) is 17.5 Å². The average molecular weight is 619 g/mol. The highest BCUT2D eigenvalue weighted by molar-refractivity contribution is 7.22. The summed E-state index contributed by atoms with van der Waals surface area (Å²) < 4.78 is 1.16. The minimum absolute atomic E-state index is 0.638. The molecule has 0 N–H and O–H groups in total. The van der Waals surface area contributed by atoms with E-state index in [1.165, 1.54) is 16.3 Å². The predicted octanol–water partition coefficient (Wildman–Crippen LogP) is 11.1. The molecule has 7 aromatic carbocycles. The van der Waals surface area contributed by atoms with E-state index >= 15 is 0 Å². The lowest BCUT2D eigenvalue weighted by molar-refractivity contribution is 1.07. The van der Waals surface area contributed by atoms with E-state index in [9.17, 15) is 0 Å². The van der Waals surface area contributed by atoms with E-state index in [-0.39, 0.29) is 0 Å². The lowest BCUT2D eigenvalue weighted by Gasteiger charge is -2.10. The SMILES string of the molecule is c1ccc(-c2nc(-c3ccc(-c4ccc5ccccc5c4)cc3)nc(-c3ccc4ccc5nc(-c6ccccc6)sc5c4c3)n2)cc1. The van der Waals surface area contributed by atoms with Crippen LogP contribution in [0.4, 0.5) is 0 Å². The predicted molar refractivity (Wildman–Crippen MR) is 195 cm³/mol. The first kappa shape index (κ1) is 27.3. The third-order valence-corrected chi connectivity index (χ3v) is 9.70. The van der Waals surface area contributed by atoms with Crippen LogP contribution in [0.15, 0.2) is 158 Å². The molecular weight excluding hydrogens is 593 g/mol. The average Bonchev–Trinajstić information content (AvgIpc) is 3.60. The minimum Gasteiger partial charge on any atom is -0.236 e. The van der Waals surface area contributed by atoms with Crippen LogP contribution in [0, 0.1) is 0 Å². The molecule has 0 spiro atoms. The summed E-state index contributed by atoms with van der Waals surface area (Å²) in [4.78, 5) is 20.0. The van der Waals surface area contributed by atoms with Crippen LogP contribution in [-0.2, 0) is 0 Å². The highest BCUT2D eigenvalue weighted by Gasteiger charge is 2.15. The van der Waals surface area contributed by atoms with Gasteiger partial charge in [0.25, 0.3) is 0 Å². The van der Waals surface area contributed by atoms with Crippen LogP contribution in [0.2, 0.25) is 0 Å². The van der Waals surface area contributed by atoms with Gasteiger partial charge in [0.05, 0.1) is 10.2 Å². The van der Waals surface area contributed by atoms with Gasteiger partial charge >= 0.3 is 0 Å². The largest absolute Gasteiger partial charge is 0.236 e. The van der Waals surface area contributed by atoms with Gasteiger partial charge in [0.15, 0.2) is 17.5 Å². The Hall–Kier alpha value is -6.04. The maximum absolute atomic E-state index is 5.05. The number of rotatable bonds is 5. The zero-order chi connectivity index (χ0) is 31.2. The van der Waals surface area contributed by atoms with Crippen molar-refractivity contribution in [2.24, 2.45) is 0 Å². The summed E-state index contributed by atoms with van der Waals surface area (Å²) in [6.07, 6.45) is 0. The van der Waals surface area contributed by atoms with Gasteiger partial charge in [0, 0.05) is 27.6 Å². The van der Waals surface area contributed by atoms with Crippen molar-refractivity contribution in [2.75, 3.05) is 0 Å². The normalized spacial score (nSPS) is 11.4. The minimum atomic E-state index is 0.638. The number of aromatic nitrogens is 4. The Bertz CT molecular complexity index is 2560. The molecule has 0 aliphatic carbocycles. The number of hydrogen-bond donors (Lipinski definition) is 0. The van der Waals surface area contributed by atoms with Crippen LogP contribution in [0.5, 0.6) is 0 Å².